The molecule has 1 aromatic carbocycles. The van der Waals surface area contributed by atoms with Gasteiger partial charge in [-0.2, -0.15) is 4.31 Å². The zero-order valence-electron chi connectivity index (χ0n) is 19.3. The van der Waals surface area contributed by atoms with Gasteiger partial charge in [0, 0.05) is 54.1 Å². The van der Waals surface area contributed by atoms with Crippen molar-refractivity contribution in [1.29, 1.82) is 0 Å². The third-order valence-electron chi connectivity index (χ3n) is 5.98. The van der Waals surface area contributed by atoms with Crippen LogP contribution < -0.4 is 10.9 Å². The molecule has 34 heavy (non-hydrogen) atoms. The Hall–Kier alpha value is -2.40. The summed E-state index contributed by atoms with van der Waals surface area (Å²) in [6, 6.07) is 5.10. The summed E-state index contributed by atoms with van der Waals surface area (Å²) in [6.07, 6.45) is 4.34. The van der Waals surface area contributed by atoms with Crippen LogP contribution in [0, 0.1) is 0 Å². The molecule has 0 radical (unpaired) electrons. The number of aliphatic carboxylic acids is 1. The Labute approximate surface area is 204 Å². The smallest absolute Gasteiger partial charge is 0.303 e. The maximum atomic E-state index is 13.6. The summed E-state index contributed by atoms with van der Waals surface area (Å²) in [5.74, 6) is -0.877. The molecule has 1 aliphatic carbocycles. The maximum Gasteiger partial charge on any atom is 0.303 e. The predicted molar refractivity (Wildman–Crippen MR) is 134 cm³/mol. The monoisotopic (exact) mass is 510 g/mol. The van der Waals surface area contributed by atoms with Gasteiger partial charge in [-0.3, -0.25) is 9.59 Å². The molecule has 1 aliphatic rings. The van der Waals surface area contributed by atoms with Gasteiger partial charge in [-0.1, -0.05) is 13.8 Å². The van der Waals surface area contributed by atoms with Crippen LogP contribution in [0.25, 0.3) is 21.8 Å². The van der Waals surface area contributed by atoms with Crippen LogP contribution in [-0.2, 0) is 21.2 Å². The van der Waals surface area contributed by atoms with Crippen molar-refractivity contribution in [3.8, 4) is 0 Å². The number of hydrogen-bond acceptors (Lipinski definition) is 5. The lowest BCUT2D eigenvalue weighted by atomic mass is 10.0. The minimum absolute atomic E-state index is 0. The summed E-state index contributed by atoms with van der Waals surface area (Å²) in [7, 11) is -3.72. The number of pyridine rings is 1. The third-order valence-corrected chi connectivity index (χ3v) is 7.93. The summed E-state index contributed by atoms with van der Waals surface area (Å²) < 4.78 is 28.7. The number of H-pyrrole nitrogens is 2. The summed E-state index contributed by atoms with van der Waals surface area (Å²) in [5, 5.41) is 13.5. The number of carbonyl (C=O) groups is 1. The lowest BCUT2D eigenvalue weighted by Crippen LogP contribution is -2.39. The molecule has 0 spiro atoms. The highest BCUT2D eigenvalue weighted by molar-refractivity contribution is 7.89. The fraction of sp³-hybridized carbons (Fsp3) is 0.478. The molecule has 0 unspecified atom stereocenters. The number of carboxylic acid groups (broad SMARTS) is 1. The van der Waals surface area contributed by atoms with E-state index in [4.69, 9.17) is 5.11 Å². The Balaban J connectivity index is 0.00000324. The Morgan fingerprint density at radius 2 is 2.03 bits per heavy atom. The van der Waals surface area contributed by atoms with Crippen molar-refractivity contribution in [2.75, 3.05) is 13.1 Å². The molecule has 4 N–H and O–H groups in total. The molecule has 2 aromatic heterocycles. The van der Waals surface area contributed by atoms with Crippen LogP contribution in [0.15, 0.2) is 34.1 Å². The van der Waals surface area contributed by atoms with Gasteiger partial charge in [-0.25, -0.2) is 8.42 Å². The minimum atomic E-state index is -3.72. The number of rotatable bonds is 11. The highest BCUT2D eigenvalue weighted by atomic mass is 35.5. The van der Waals surface area contributed by atoms with E-state index in [2.05, 4.69) is 15.3 Å². The van der Waals surface area contributed by atoms with Crippen LogP contribution in [0.2, 0.25) is 0 Å². The van der Waals surface area contributed by atoms with Crippen molar-refractivity contribution in [3.05, 3.63) is 40.3 Å². The number of aromatic nitrogens is 2. The predicted octanol–water partition coefficient (Wildman–Crippen LogP) is 2.99. The van der Waals surface area contributed by atoms with Crippen LogP contribution in [0.1, 0.15) is 45.1 Å². The normalized spacial score (nSPS) is 14.2. The average molecular weight is 511 g/mol. The van der Waals surface area contributed by atoms with E-state index in [1.165, 1.54) is 0 Å². The number of nitrogens with one attached hydrogen (secondary N) is 3. The second kappa shape index (κ2) is 10.5. The molecule has 4 rings (SSSR count). The lowest BCUT2D eigenvalue weighted by molar-refractivity contribution is -0.137. The molecule has 1 saturated carbocycles. The second-order valence-corrected chi connectivity index (χ2v) is 10.8. The molecule has 0 aliphatic heterocycles. The van der Waals surface area contributed by atoms with Crippen molar-refractivity contribution in [2.24, 2.45) is 0 Å². The summed E-state index contributed by atoms with van der Waals surface area (Å²) in [6.45, 7) is 5.02. The van der Waals surface area contributed by atoms with Crippen LogP contribution >= 0.6 is 12.4 Å². The molecule has 9 nitrogen and oxygen atoms in total. The first kappa shape index (κ1) is 26.2. The van der Waals surface area contributed by atoms with E-state index < -0.39 is 16.0 Å². The number of sulfonamides is 1. The highest BCUT2D eigenvalue weighted by Crippen LogP contribution is 2.34. The molecule has 0 bridgehead atoms. The first-order valence-corrected chi connectivity index (χ1v) is 12.8. The van der Waals surface area contributed by atoms with Gasteiger partial charge >= 0.3 is 5.97 Å². The first-order valence-electron chi connectivity index (χ1n) is 11.3. The highest BCUT2D eigenvalue weighted by Gasteiger charge is 2.37. The summed E-state index contributed by atoms with van der Waals surface area (Å²) >= 11 is 0. The Morgan fingerprint density at radius 3 is 2.68 bits per heavy atom. The van der Waals surface area contributed by atoms with E-state index in [9.17, 15) is 18.0 Å². The van der Waals surface area contributed by atoms with Gasteiger partial charge in [-0.05, 0) is 49.4 Å². The van der Waals surface area contributed by atoms with E-state index in [0.29, 0.717) is 47.7 Å². The van der Waals surface area contributed by atoms with Crippen molar-refractivity contribution < 1.29 is 18.3 Å². The van der Waals surface area contributed by atoms with Gasteiger partial charge in [0.15, 0.2) is 0 Å². The number of hydrogen-bond donors (Lipinski definition) is 4. The van der Waals surface area contributed by atoms with E-state index in [-0.39, 0.29) is 41.4 Å². The zero-order valence-corrected chi connectivity index (χ0v) is 20.9. The Morgan fingerprint density at radius 1 is 1.29 bits per heavy atom. The van der Waals surface area contributed by atoms with E-state index >= 15 is 0 Å². The second-order valence-electron chi connectivity index (χ2n) is 8.93. The average Bonchev–Trinajstić information content (AvgIpc) is 3.49. The molecule has 0 atom stereocenters. The molecular weight excluding hydrogens is 480 g/mol. The van der Waals surface area contributed by atoms with Gasteiger partial charge < -0.3 is 20.4 Å². The fourth-order valence-electron chi connectivity index (χ4n) is 4.22. The number of fused-ring (bicyclic) bond motifs is 3. The number of aromatic amines is 2. The number of halogens is 1. The van der Waals surface area contributed by atoms with Gasteiger partial charge in [0.2, 0.25) is 10.0 Å². The summed E-state index contributed by atoms with van der Waals surface area (Å²) in [4.78, 5) is 29.4. The first-order chi connectivity index (χ1) is 15.7. The SMILES string of the molecule is CC(C)NCCN(C1CC1)S(=O)(=O)c1ccc2[nH]c(=O)c3[nH]cc(CCCC(=O)O)c3c2c1.Cl. The van der Waals surface area contributed by atoms with Crippen LogP contribution in [-0.4, -0.2) is 58.9 Å². The number of nitrogens with zero attached hydrogens (tertiary/aromatic N) is 1. The van der Waals surface area contributed by atoms with Crippen molar-refractivity contribution in [1.82, 2.24) is 19.6 Å². The van der Waals surface area contributed by atoms with Gasteiger partial charge in [0.1, 0.15) is 5.52 Å². The van der Waals surface area contributed by atoms with Gasteiger partial charge in [0.05, 0.1) is 4.90 Å². The van der Waals surface area contributed by atoms with Gasteiger partial charge in [0.25, 0.3) is 5.56 Å². The maximum absolute atomic E-state index is 13.6. The molecule has 3 aromatic rings. The largest absolute Gasteiger partial charge is 0.481 e. The van der Waals surface area contributed by atoms with Crippen molar-refractivity contribution in [3.63, 3.8) is 0 Å². The van der Waals surface area contributed by atoms with Crippen LogP contribution in [0.4, 0.5) is 0 Å². The molecule has 1 fully saturated rings. The minimum Gasteiger partial charge on any atom is -0.481 e. The lowest BCUT2D eigenvalue weighted by Gasteiger charge is -2.23. The quantitative estimate of drug-likeness (QED) is 0.313. The molecule has 186 valence electrons. The third kappa shape index (κ3) is 5.46. The topological polar surface area (TPSA) is 135 Å². The number of carboxylic acids is 1. The number of aryl methyl sites for hydroxylation is 1. The molecule has 0 saturated heterocycles. The molecule has 2 heterocycles. The van der Waals surface area contributed by atoms with Crippen molar-refractivity contribution >= 4 is 50.2 Å². The fourth-order valence-corrected chi connectivity index (χ4v) is 5.94. The van der Waals surface area contributed by atoms with Crippen LogP contribution in [0.5, 0.6) is 0 Å². The Kier molecular flexibility index (Phi) is 8.07. The van der Waals surface area contributed by atoms with Crippen molar-refractivity contribution in [2.45, 2.75) is 62.9 Å². The number of benzene rings is 1. The van der Waals surface area contributed by atoms with E-state index in [1.807, 2.05) is 13.8 Å². The molecule has 0 amide bonds. The molecular formula is C23H31ClN4O5S. The standard InChI is InChI=1S/C23H30N4O5S.ClH/c1-14(2)24-10-11-27(16-6-7-16)33(31,32)17-8-9-19-18(12-17)21-15(4-3-5-20(28)29)13-25-22(21)23(30)26-19;/h8-9,12-14,16,24-25H,3-7,10-11H2,1-2H3,(H,26,30)(H,28,29);1H. The van der Waals surface area contributed by atoms with E-state index in [1.54, 1.807) is 28.7 Å². The van der Waals surface area contributed by atoms with Gasteiger partial charge in [-0.15, -0.1) is 12.4 Å². The van der Waals surface area contributed by atoms with Crippen LogP contribution in [0.3, 0.4) is 0 Å². The summed E-state index contributed by atoms with van der Waals surface area (Å²) in [5.41, 5.74) is 1.42. The molecule has 11 heteroatoms. The Bertz CT molecular complexity index is 1340. The van der Waals surface area contributed by atoms with E-state index in [0.717, 1.165) is 18.4 Å². The zero-order chi connectivity index (χ0) is 23.8.